The van der Waals surface area contributed by atoms with Gasteiger partial charge in [-0.3, -0.25) is 14.9 Å². The van der Waals surface area contributed by atoms with E-state index in [1.165, 1.54) is 0 Å². The van der Waals surface area contributed by atoms with Gasteiger partial charge in [-0.1, -0.05) is 43.6 Å². The van der Waals surface area contributed by atoms with Crippen molar-refractivity contribution in [3.8, 4) is 0 Å². The molecule has 1 amide bonds. The van der Waals surface area contributed by atoms with Crippen LogP contribution < -0.4 is 10.0 Å². The Labute approximate surface area is 145 Å². The maximum absolute atomic E-state index is 12.2. The van der Waals surface area contributed by atoms with E-state index >= 15 is 0 Å². The summed E-state index contributed by atoms with van der Waals surface area (Å²) >= 11 is 6.05. The zero-order valence-electron chi connectivity index (χ0n) is 13.1. The Morgan fingerprint density at radius 3 is 2.58 bits per heavy atom. The van der Waals surface area contributed by atoms with Gasteiger partial charge in [0.15, 0.2) is 6.17 Å². The van der Waals surface area contributed by atoms with Gasteiger partial charge in [0.05, 0.1) is 0 Å². The molecular weight excluding hydrogens is 358 g/mol. The van der Waals surface area contributed by atoms with Crippen molar-refractivity contribution < 1.29 is 23.1 Å². The van der Waals surface area contributed by atoms with Crippen molar-refractivity contribution in [1.29, 1.82) is 0 Å². The first kappa shape index (κ1) is 18.7. The summed E-state index contributed by atoms with van der Waals surface area (Å²) in [4.78, 5) is 23.4. The largest absolute Gasteiger partial charge is 0.480 e. The summed E-state index contributed by atoms with van der Waals surface area (Å²) in [5.74, 6) is -2.34. The molecule has 0 spiro atoms. The first-order chi connectivity index (χ1) is 11.1. The number of carboxylic acids is 1. The molecule has 8 nitrogen and oxygen atoms in total. The molecule has 2 atom stereocenters. The summed E-state index contributed by atoms with van der Waals surface area (Å²) in [6, 6.07) is 5.54. The molecule has 0 bridgehead atoms. The van der Waals surface area contributed by atoms with Crippen LogP contribution in [0, 0.1) is 5.92 Å². The van der Waals surface area contributed by atoms with Crippen LogP contribution in [-0.4, -0.2) is 41.9 Å². The number of benzene rings is 1. The van der Waals surface area contributed by atoms with Crippen LogP contribution >= 0.6 is 11.6 Å². The van der Waals surface area contributed by atoms with Gasteiger partial charge < -0.3 is 5.11 Å². The van der Waals surface area contributed by atoms with Gasteiger partial charge in [-0.05, 0) is 17.5 Å². The molecule has 1 heterocycles. The summed E-state index contributed by atoms with van der Waals surface area (Å²) < 4.78 is 27.1. The van der Waals surface area contributed by atoms with Crippen LogP contribution in [0.4, 0.5) is 0 Å². The lowest BCUT2D eigenvalue weighted by molar-refractivity contribution is -0.141. The van der Waals surface area contributed by atoms with E-state index in [9.17, 15) is 23.1 Å². The van der Waals surface area contributed by atoms with Crippen LogP contribution in [0.5, 0.6) is 0 Å². The first-order valence-electron chi connectivity index (χ1n) is 7.19. The lowest BCUT2D eigenvalue weighted by Gasteiger charge is -2.26. The number of rotatable bonds is 6. The quantitative estimate of drug-likeness (QED) is 0.668. The highest BCUT2D eigenvalue weighted by Gasteiger charge is 2.45. The molecule has 10 heteroatoms. The number of nitrogens with one attached hydrogen (secondary N) is 2. The molecule has 1 aliphatic rings. The minimum absolute atomic E-state index is 0.164. The zero-order chi connectivity index (χ0) is 18.1. The topological polar surface area (TPSA) is 116 Å². The molecule has 0 aromatic heterocycles. The highest BCUT2D eigenvalue weighted by molar-refractivity contribution is 7.88. The Kier molecular flexibility index (Phi) is 5.49. The maximum Gasteiger partial charge on any atom is 0.321 e. The second-order valence-electron chi connectivity index (χ2n) is 5.74. The van der Waals surface area contributed by atoms with E-state index in [2.05, 4.69) is 5.32 Å². The molecule has 0 radical (unpaired) electrons. The van der Waals surface area contributed by atoms with Crippen LogP contribution in [-0.2, 0) is 26.3 Å². The monoisotopic (exact) mass is 375 g/mol. The van der Waals surface area contributed by atoms with Crippen LogP contribution in [0.3, 0.4) is 0 Å². The molecule has 0 unspecified atom stereocenters. The van der Waals surface area contributed by atoms with Crippen molar-refractivity contribution >= 4 is 33.7 Å². The summed E-state index contributed by atoms with van der Waals surface area (Å²) in [7, 11) is -4.08. The third-order valence-electron chi connectivity index (χ3n) is 3.63. The summed E-state index contributed by atoms with van der Waals surface area (Å²) in [6.45, 7) is 3.15. The number of amides is 1. The molecule has 1 saturated heterocycles. The standard InChI is InChI=1S/C14H18ClN3O5S/c1-8(2)11(14(20)21)16-12-13(19)17-24(22,23)18(12)7-9-5-3-4-6-10(9)15/h3-6,8,11-12,16H,7H2,1-2H3,(H,17,19)(H,20,21)/t11-,12+/m0/s1. The molecule has 1 aromatic rings. The molecule has 1 fully saturated rings. The highest BCUT2D eigenvalue weighted by atomic mass is 35.5. The number of carboxylic acid groups (broad SMARTS) is 1. The molecule has 2 rings (SSSR count). The minimum Gasteiger partial charge on any atom is -0.480 e. The van der Waals surface area contributed by atoms with Crippen molar-refractivity contribution in [2.75, 3.05) is 0 Å². The Bertz CT molecular complexity index is 753. The normalized spacial score (nSPS) is 21.7. The van der Waals surface area contributed by atoms with Crippen molar-refractivity contribution in [2.45, 2.75) is 32.6 Å². The fraction of sp³-hybridized carbons (Fsp3) is 0.429. The summed E-state index contributed by atoms with van der Waals surface area (Å²) in [5.41, 5.74) is 0.502. The number of halogens is 1. The molecular formula is C14H18ClN3O5S. The molecule has 1 aliphatic heterocycles. The number of hydrogen-bond donors (Lipinski definition) is 3. The molecule has 132 valence electrons. The molecule has 1 aromatic carbocycles. The molecule has 0 saturated carbocycles. The van der Waals surface area contributed by atoms with E-state index < -0.39 is 34.3 Å². The van der Waals surface area contributed by atoms with Crippen LogP contribution in [0.2, 0.25) is 5.02 Å². The highest BCUT2D eigenvalue weighted by Crippen LogP contribution is 2.22. The Morgan fingerprint density at radius 1 is 1.42 bits per heavy atom. The maximum atomic E-state index is 12.2. The second kappa shape index (κ2) is 7.06. The van der Waals surface area contributed by atoms with Gasteiger partial charge in [0.2, 0.25) is 0 Å². The fourth-order valence-corrected chi connectivity index (χ4v) is 3.78. The van der Waals surface area contributed by atoms with E-state index in [0.717, 1.165) is 4.31 Å². The number of aliphatic carboxylic acids is 1. The first-order valence-corrected chi connectivity index (χ1v) is 9.01. The third-order valence-corrected chi connectivity index (χ3v) is 5.41. The van der Waals surface area contributed by atoms with Gasteiger partial charge in [-0.25, -0.2) is 4.72 Å². The lowest BCUT2D eigenvalue weighted by Crippen LogP contribution is -2.54. The minimum atomic E-state index is -4.08. The fourth-order valence-electron chi connectivity index (χ4n) is 2.36. The van der Waals surface area contributed by atoms with Gasteiger partial charge in [-0.15, -0.1) is 0 Å². The van der Waals surface area contributed by atoms with Crippen LogP contribution in [0.15, 0.2) is 24.3 Å². The summed E-state index contributed by atoms with van der Waals surface area (Å²) in [5, 5.41) is 12.2. The van der Waals surface area contributed by atoms with Crippen molar-refractivity contribution in [3.63, 3.8) is 0 Å². The van der Waals surface area contributed by atoms with E-state index in [-0.39, 0.29) is 12.5 Å². The number of hydrogen-bond acceptors (Lipinski definition) is 5. The van der Waals surface area contributed by atoms with E-state index in [0.29, 0.717) is 10.6 Å². The predicted molar refractivity (Wildman–Crippen MR) is 87.2 cm³/mol. The van der Waals surface area contributed by atoms with E-state index in [1.54, 1.807) is 38.1 Å². The van der Waals surface area contributed by atoms with E-state index in [4.69, 9.17) is 11.6 Å². The van der Waals surface area contributed by atoms with Gasteiger partial charge >= 0.3 is 16.2 Å². The molecule has 0 aliphatic carbocycles. The van der Waals surface area contributed by atoms with Crippen molar-refractivity contribution in [2.24, 2.45) is 5.92 Å². The Morgan fingerprint density at radius 2 is 2.04 bits per heavy atom. The number of carbonyl (C=O) groups is 2. The van der Waals surface area contributed by atoms with Crippen LogP contribution in [0.1, 0.15) is 19.4 Å². The van der Waals surface area contributed by atoms with Gasteiger partial charge in [0, 0.05) is 11.6 Å². The predicted octanol–water partition coefficient (Wildman–Crippen LogP) is 0.542. The summed E-state index contributed by atoms with van der Waals surface area (Å²) in [6.07, 6.45) is -1.32. The Balaban J connectivity index is 2.32. The zero-order valence-corrected chi connectivity index (χ0v) is 14.6. The number of nitrogens with zero attached hydrogens (tertiary/aromatic N) is 1. The SMILES string of the molecule is CC(C)[C@H](N[C@H]1C(=O)NS(=O)(=O)N1Cc1ccccc1Cl)C(=O)O. The van der Waals surface area contributed by atoms with Gasteiger partial charge in [-0.2, -0.15) is 12.7 Å². The molecule has 24 heavy (non-hydrogen) atoms. The van der Waals surface area contributed by atoms with Crippen molar-refractivity contribution in [1.82, 2.24) is 14.3 Å². The number of carbonyl (C=O) groups excluding carboxylic acids is 1. The van der Waals surface area contributed by atoms with Crippen molar-refractivity contribution in [3.05, 3.63) is 34.9 Å². The average molecular weight is 376 g/mol. The van der Waals surface area contributed by atoms with E-state index in [1.807, 2.05) is 4.72 Å². The lowest BCUT2D eigenvalue weighted by atomic mass is 10.0. The second-order valence-corrected chi connectivity index (χ2v) is 7.77. The Hall–Kier alpha value is -1.68. The smallest absolute Gasteiger partial charge is 0.321 e. The third kappa shape index (κ3) is 3.86. The van der Waals surface area contributed by atoms with Gasteiger partial charge in [0.1, 0.15) is 6.04 Å². The van der Waals surface area contributed by atoms with Crippen LogP contribution in [0.25, 0.3) is 0 Å². The molecule has 3 N–H and O–H groups in total. The van der Waals surface area contributed by atoms with Gasteiger partial charge in [0.25, 0.3) is 5.91 Å². The average Bonchev–Trinajstić information content (AvgIpc) is 2.67.